The fourth-order valence-corrected chi connectivity index (χ4v) is 6.22. The van der Waals surface area contributed by atoms with Crippen LogP contribution in [0, 0.1) is 0 Å². The first kappa shape index (κ1) is 24.9. The van der Waals surface area contributed by atoms with Gasteiger partial charge in [0, 0.05) is 17.7 Å². The second kappa shape index (κ2) is 11.0. The molecule has 4 heterocycles. The van der Waals surface area contributed by atoms with E-state index in [1.54, 1.807) is 5.51 Å². The lowest BCUT2D eigenvalue weighted by Gasteiger charge is -2.49. The van der Waals surface area contributed by atoms with E-state index in [4.69, 9.17) is 10.6 Å². The van der Waals surface area contributed by atoms with Gasteiger partial charge in [-0.05, 0) is 18.1 Å². The molecule has 2 aromatic rings. The molecule has 2 amide bonds. The van der Waals surface area contributed by atoms with E-state index in [0.29, 0.717) is 27.8 Å². The molecule has 0 aromatic carbocycles. The van der Waals surface area contributed by atoms with Gasteiger partial charge in [-0.1, -0.05) is 35.2 Å². The number of nitrogen functional groups attached to an aromatic ring is 1. The van der Waals surface area contributed by atoms with E-state index in [9.17, 15) is 19.5 Å². The maximum Gasteiger partial charge on any atom is 0.352 e. The van der Waals surface area contributed by atoms with Crippen molar-refractivity contribution >= 4 is 64.2 Å². The molecule has 35 heavy (non-hydrogen) atoms. The number of carboxylic acids is 1. The highest BCUT2D eigenvalue weighted by Gasteiger charge is 2.54. The number of β-lactam (4-membered cyclic amide) rings is 1. The Balaban J connectivity index is 1.50. The van der Waals surface area contributed by atoms with Crippen LogP contribution in [0.1, 0.15) is 19.2 Å². The van der Waals surface area contributed by atoms with Crippen LogP contribution in [-0.4, -0.2) is 83.2 Å². The summed E-state index contributed by atoms with van der Waals surface area (Å²) in [7, 11) is 0. The second-order valence-corrected chi connectivity index (χ2v) is 10.4. The minimum Gasteiger partial charge on any atom is -0.477 e. The molecule has 184 valence electrons. The Hall–Kier alpha value is -3.24. The van der Waals surface area contributed by atoms with Gasteiger partial charge in [0.2, 0.25) is 5.71 Å². The number of amides is 2. The predicted octanol–water partition coefficient (Wildman–Crippen LogP) is 0.572. The number of carboxylic acid groups (broad SMARTS) is 1. The molecule has 16 heteroatoms. The van der Waals surface area contributed by atoms with Gasteiger partial charge in [-0.25, -0.2) is 14.8 Å². The Labute approximate surface area is 211 Å². The van der Waals surface area contributed by atoms with Gasteiger partial charge in [-0.2, -0.15) is 0 Å². The Morgan fingerprint density at radius 2 is 2.29 bits per heavy atom. The normalized spacial score (nSPS) is 19.7. The van der Waals surface area contributed by atoms with Crippen molar-refractivity contribution in [2.45, 2.75) is 29.1 Å². The molecule has 0 radical (unpaired) electrons. The number of hydrogen-bond donors (Lipinski definition) is 3. The summed E-state index contributed by atoms with van der Waals surface area (Å²) in [5, 5.41) is 23.4. The number of hydrogen-bond acceptors (Lipinski definition) is 13. The monoisotopic (exact) mass is 536 g/mol. The third kappa shape index (κ3) is 5.38. The number of nitrogens with one attached hydrogen (secondary N) is 1. The summed E-state index contributed by atoms with van der Waals surface area (Å²) < 4.78 is 0.704. The first-order valence-electron chi connectivity index (χ1n) is 10.3. The number of nitrogens with zero attached hydrogens (tertiary/aromatic N) is 6. The molecule has 0 aliphatic carbocycles. The van der Waals surface area contributed by atoms with Crippen LogP contribution in [0.3, 0.4) is 0 Å². The predicted molar refractivity (Wildman–Crippen MR) is 130 cm³/mol. The molecule has 4 rings (SSSR count). The summed E-state index contributed by atoms with van der Waals surface area (Å²) in [5.41, 5.74) is 7.58. The summed E-state index contributed by atoms with van der Waals surface area (Å²) in [6.45, 7) is 2.14. The topological polar surface area (TPSA) is 186 Å². The van der Waals surface area contributed by atoms with E-state index in [-0.39, 0.29) is 29.7 Å². The van der Waals surface area contributed by atoms with Crippen LogP contribution in [0.25, 0.3) is 0 Å². The van der Waals surface area contributed by atoms with Gasteiger partial charge in [0.15, 0.2) is 10.2 Å². The van der Waals surface area contributed by atoms with Crippen molar-refractivity contribution in [1.29, 1.82) is 0 Å². The van der Waals surface area contributed by atoms with E-state index in [1.165, 1.54) is 52.0 Å². The van der Waals surface area contributed by atoms with E-state index in [0.717, 1.165) is 0 Å². The van der Waals surface area contributed by atoms with Crippen molar-refractivity contribution in [3.63, 3.8) is 0 Å². The van der Waals surface area contributed by atoms with Crippen LogP contribution in [-0.2, 0) is 19.2 Å². The molecule has 2 atom stereocenters. The van der Waals surface area contributed by atoms with Crippen LogP contribution >= 0.6 is 34.9 Å². The molecule has 2 aliphatic rings. The average molecular weight is 537 g/mol. The maximum atomic E-state index is 13.0. The highest BCUT2D eigenvalue weighted by molar-refractivity contribution is 8.01. The van der Waals surface area contributed by atoms with Crippen LogP contribution < -0.4 is 11.1 Å². The van der Waals surface area contributed by atoms with Crippen LogP contribution in [0.2, 0.25) is 0 Å². The fraction of sp³-hybridized carbons (Fsp3) is 0.368. The summed E-state index contributed by atoms with van der Waals surface area (Å²) in [6, 6.07) is 0.509. The fourth-order valence-electron chi connectivity index (χ4n) is 3.25. The SMILES string of the molecule is CCCON=C(C(=O)NC1C(=O)N2C(C(=O)O)=C(CSc3nncs3)CS[C@@H]12)c1nccc(N)n1. The van der Waals surface area contributed by atoms with Crippen LogP contribution in [0.5, 0.6) is 0 Å². The van der Waals surface area contributed by atoms with Crippen LogP contribution in [0.15, 0.2) is 38.5 Å². The van der Waals surface area contributed by atoms with Gasteiger partial charge in [-0.15, -0.1) is 22.0 Å². The molecule has 0 spiro atoms. The Bertz CT molecular complexity index is 1190. The lowest BCUT2D eigenvalue weighted by Crippen LogP contribution is -2.71. The molecule has 0 bridgehead atoms. The maximum absolute atomic E-state index is 13.0. The first-order valence-corrected chi connectivity index (χ1v) is 13.2. The van der Waals surface area contributed by atoms with Gasteiger partial charge >= 0.3 is 5.97 Å². The number of aromatic nitrogens is 4. The number of nitrogens with two attached hydrogens (primary N) is 1. The third-order valence-corrected chi connectivity index (χ3v) is 8.09. The lowest BCUT2D eigenvalue weighted by molar-refractivity contribution is -0.150. The molecule has 1 unspecified atom stereocenters. The number of carbonyl (C=O) groups excluding carboxylic acids is 2. The van der Waals surface area contributed by atoms with Gasteiger partial charge in [0.05, 0.1) is 0 Å². The highest BCUT2D eigenvalue weighted by atomic mass is 32.2. The molecular weight excluding hydrogens is 516 g/mol. The van der Waals surface area contributed by atoms with Crippen molar-refractivity contribution < 1.29 is 24.3 Å². The zero-order valence-electron chi connectivity index (χ0n) is 18.3. The first-order chi connectivity index (χ1) is 16.9. The van der Waals surface area contributed by atoms with Crippen molar-refractivity contribution in [2.24, 2.45) is 5.16 Å². The smallest absolute Gasteiger partial charge is 0.352 e. The second-order valence-electron chi connectivity index (χ2n) is 7.19. The number of rotatable bonds is 10. The zero-order chi connectivity index (χ0) is 24.9. The third-order valence-electron chi connectivity index (χ3n) is 4.80. The molecule has 1 fully saturated rings. The number of anilines is 1. The van der Waals surface area contributed by atoms with E-state index in [2.05, 4.69) is 30.6 Å². The minimum absolute atomic E-state index is 0.0550. The molecule has 13 nitrogen and oxygen atoms in total. The van der Waals surface area contributed by atoms with Crippen molar-refractivity contribution in [3.8, 4) is 0 Å². The number of thioether (sulfide) groups is 2. The summed E-state index contributed by atoms with van der Waals surface area (Å²) in [4.78, 5) is 52.4. The van der Waals surface area contributed by atoms with Crippen molar-refractivity contribution in [3.05, 3.63) is 34.9 Å². The standard InChI is InChI=1S/C19H20N8O5S3/c1-2-5-32-26-11(14-21-4-3-10(20)23-14)15(28)24-12-16(29)27-13(18(30)31)9(6-33-17(12)27)7-34-19-25-22-8-35-19/h3-4,8,12,17H,2,5-7H2,1H3,(H,24,28)(H,30,31)(H2,20,21,23)/t12?,17-/m0/s1. The van der Waals surface area contributed by atoms with Gasteiger partial charge in [0.25, 0.3) is 11.8 Å². The summed E-state index contributed by atoms with van der Waals surface area (Å²) in [5.74, 6) is -1.65. The zero-order valence-corrected chi connectivity index (χ0v) is 20.7. The molecule has 2 aliphatic heterocycles. The Morgan fingerprint density at radius 1 is 1.46 bits per heavy atom. The van der Waals surface area contributed by atoms with Gasteiger partial charge < -0.3 is 21.0 Å². The molecule has 1 saturated heterocycles. The van der Waals surface area contributed by atoms with E-state index < -0.39 is 29.2 Å². The number of carbonyl (C=O) groups is 3. The molecule has 2 aromatic heterocycles. The van der Waals surface area contributed by atoms with Crippen molar-refractivity contribution in [2.75, 3.05) is 23.8 Å². The van der Waals surface area contributed by atoms with E-state index >= 15 is 0 Å². The minimum atomic E-state index is -1.20. The summed E-state index contributed by atoms with van der Waals surface area (Å²) >= 11 is 4.07. The highest BCUT2D eigenvalue weighted by Crippen LogP contribution is 2.41. The molecule has 0 saturated carbocycles. The van der Waals surface area contributed by atoms with Crippen molar-refractivity contribution in [1.82, 2.24) is 30.4 Å². The largest absolute Gasteiger partial charge is 0.477 e. The number of oxime groups is 1. The average Bonchev–Trinajstić information content (AvgIpc) is 3.36. The lowest BCUT2D eigenvalue weighted by atomic mass is 10.0. The number of fused-ring (bicyclic) bond motifs is 1. The van der Waals surface area contributed by atoms with Crippen LogP contribution in [0.4, 0.5) is 5.82 Å². The quantitative estimate of drug-likeness (QED) is 0.126. The molecule has 4 N–H and O–H groups in total. The number of aliphatic carboxylic acids is 1. The Morgan fingerprint density at radius 3 is 2.97 bits per heavy atom. The van der Waals surface area contributed by atoms with Gasteiger partial charge in [0.1, 0.15) is 35.0 Å². The Kier molecular flexibility index (Phi) is 7.82. The van der Waals surface area contributed by atoms with Gasteiger partial charge in [-0.3, -0.25) is 14.5 Å². The molecular formula is C19H20N8O5S3. The summed E-state index contributed by atoms with van der Waals surface area (Å²) in [6.07, 6.45) is 2.04. The van der Waals surface area contributed by atoms with E-state index in [1.807, 2.05) is 6.92 Å².